The van der Waals surface area contributed by atoms with Crippen LogP contribution in [-0.4, -0.2) is 5.78 Å². The highest BCUT2D eigenvalue weighted by molar-refractivity contribution is 9.10. The molecule has 1 heterocycles. The lowest BCUT2D eigenvalue weighted by Gasteiger charge is -2.30. The number of carbonyl (C=O) groups is 1. The lowest BCUT2D eigenvalue weighted by atomic mass is 9.74. The second-order valence-electron chi connectivity index (χ2n) is 7.01. The van der Waals surface area contributed by atoms with E-state index in [0.29, 0.717) is 17.7 Å². The minimum absolute atomic E-state index is 0.00107. The maximum Gasteiger partial charge on any atom is 0.173 e. The quantitative estimate of drug-likeness (QED) is 0.430. The maximum atomic E-state index is 13.8. The highest BCUT2D eigenvalue weighted by atomic mass is 79.9. The third-order valence-electron chi connectivity index (χ3n) is 4.63. The van der Waals surface area contributed by atoms with Gasteiger partial charge in [-0.1, -0.05) is 60.1 Å². The van der Waals surface area contributed by atoms with Crippen molar-refractivity contribution in [3.63, 3.8) is 0 Å². The average Bonchev–Trinajstić information content (AvgIpc) is 3.16. The minimum atomic E-state index is -0.447. The monoisotopic (exact) mass is 414 g/mol. The molecule has 0 aliphatic rings. The molecule has 2 nitrogen and oxygen atoms in total. The summed E-state index contributed by atoms with van der Waals surface area (Å²) in [4.78, 5) is 13.2. The standard InChI is InChI=1S/C22H20BrFO2/c1-22(2,18-13-16(24)10-11-19(18)23)14-17(20-9-6-12-26-20)21(25)15-7-4-3-5-8-15/h3-13,17H,14H2,1-2H3. The van der Waals surface area contributed by atoms with Gasteiger partial charge in [0, 0.05) is 10.0 Å². The molecule has 1 aromatic heterocycles. The highest BCUT2D eigenvalue weighted by Crippen LogP contribution is 2.40. The van der Waals surface area contributed by atoms with Crippen LogP contribution in [0, 0.1) is 5.82 Å². The zero-order valence-corrected chi connectivity index (χ0v) is 16.3. The van der Waals surface area contributed by atoms with Gasteiger partial charge >= 0.3 is 0 Å². The summed E-state index contributed by atoms with van der Waals surface area (Å²) < 4.78 is 20.2. The Kier molecular flexibility index (Phi) is 5.42. The zero-order valence-electron chi connectivity index (χ0n) is 14.7. The van der Waals surface area contributed by atoms with Crippen molar-refractivity contribution in [2.24, 2.45) is 0 Å². The molecule has 0 saturated carbocycles. The van der Waals surface area contributed by atoms with Gasteiger partial charge in [0.1, 0.15) is 11.6 Å². The molecule has 3 rings (SSSR count). The Morgan fingerprint density at radius 3 is 2.50 bits per heavy atom. The van der Waals surface area contributed by atoms with E-state index in [0.717, 1.165) is 10.0 Å². The predicted molar refractivity (Wildman–Crippen MR) is 104 cm³/mol. The maximum absolute atomic E-state index is 13.8. The van der Waals surface area contributed by atoms with Crippen LogP contribution in [0.1, 0.15) is 47.9 Å². The summed E-state index contributed by atoms with van der Waals surface area (Å²) in [5, 5.41) is 0. The Morgan fingerprint density at radius 1 is 1.12 bits per heavy atom. The van der Waals surface area contributed by atoms with Crippen LogP contribution in [-0.2, 0) is 5.41 Å². The van der Waals surface area contributed by atoms with Crippen molar-refractivity contribution in [1.29, 1.82) is 0 Å². The SMILES string of the molecule is CC(C)(CC(C(=O)c1ccccc1)c1ccco1)c1cc(F)ccc1Br. The van der Waals surface area contributed by atoms with Crippen LogP contribution in [0.5, 0.6) is 0 Å². The first-order valence-electron chi connectivity index (χ1n) is 8.47. The number of ketones is 1. The van der Waals surface area contributed by atoms with Crippen molar-refractivity contribution in [3.05, 3.63) is 94.1 Å². The summed E-state index contributed by atoms with van der Waals surface area (Å²) >= 11 is 3.51. The van der Waals surface area contributed by atoms with Gasteiger partial charge in [-0.3, -0.25) is 4.79 Å². The van der Waals surface area contributed by atoms with E-state index < -0.39 is 11.3 Å². The average molecular weight is 415 g/mol. The third kappa shape index (κ3) is 3.96. The second-order valence-corrected chi connectivity index (χ2v) is 7.86. The van der Waals surface area contributed by atoms with Crippen LogP contribution >= 0.6 is 15.9 Å². The number of hydrogen-bond donors (Lipinski definition) is 0. The second kappa shape index (κ2) is 7.58. The molecule has 2 aromatic carbocycles. The number of carbonyl (C=O) groups excluding carboxylic acids is 1. The predicted octanol–water partition coefficient (Wildman–Crippen LogP) is 6.52. The molecule has 4 heteroatoms. The number of rotatable bonds is 6. The van der Waals surface area contributed by atoms with E-state index in [2.05, 4.69) is 15.9 Å². The molecule has 3 aromatic rings. The molecular weight excluding hydrogens is 395 g/mol. The molecule has 1 atom stereocenters. The van der Waals surface area contributed by atoms with E-state index in [4.69, 9.17) is 4.42 Å². The summed E-state index contributed by atoms with van der Waals surface area (Å²) in [6.45, 7) is 4.03. The summed E-state index contributed by atoms with van der Waals surface area (Å²) in [7, 11) is 0. The Bertz CT molecular complexity index is 886. The molecule has 0 saturated heterocycles. The van der Waals surface area contributed by atoms with Crippen LogP contribution in [0.15, 0.2) is 75.8 Å². The number of halogens is 2. The van der Waals surface area contributed by atoms with Crippen LogP contribution in [0.2, 0.25) is 0 Å². The normalized spacial score (nSPS) is 12.8. The van der Waals surface area contributed by atoms with Gasteiger partial charge in [0.25, 0.3) is 0 Å². The van der Waals surface area contributed by atoms with Crippen LogP contribution in [0.4, 0.5) is 4.39 Å². The molecule has 0 bridgehead atoms. The van der Waals surface area contributed by atoms with Gasteiger partial charge < -0.3 is 4.42 Å². The third-order valence-corrected chi connectivity index (χ3v) is 5.32. The van der Waals surface area contributed by atoms with Gasteiger partial charge in [-0.25, -0.2) is 4.39 Å². The first-order chi connectivity index (χ1) is 12.4. The largest absolute Gasteiger partial charge is 0.469 e. The van der Waals surface area contributed by atoms with E-state index in [-0.39, 0.29) is 11.6 Å². The van der Waals surface area contributed by atoms with Gasteiger partial charge in [0.2, 0.25) is 0 Å². The first kappa shape index (κ1) is 18.6. The smallest absolute Gasteiger partial charge is 0.173 e. The number of benzene rings is 2. The first-order valence-corrected chi connectivity index (χ1v) is 9.26. The molecule has 0 amide bonds. The van der Waals surface area contributed by atoms with Gasteiger partial charge in [0.05, 0.1) is 12.2 Å². The Balaban J connectivity index is 1.98. The lowest BCUT2D eigenvalue weighted by Crippen LogP contribution is -2.25. The van der Waals surface area contributed by atoms with Crippen LogP contribution < -0.4 is 0 Å². The van der Waals surface area contributed by atoms with E-state index in [1.165, 1.54) is 12.1 Å². The lowest BCUT2D eigenvalue weighted by molar-refractivity contribution is 0.0933. The van der Waals surface area contributed by atoms with E-state index in [1.54, 1.807) is 18.4 Å². The van der Waals surface area contributed by atoms with Gasteiger partial charge in [0.15, 0.2) is 5.78 Å². The fourth-order valence-electron chi connectivity index (χ4n) is 3.25. The molecule has 134 valence electrons. The van der Waals surface area contributed by atoms with Crippen LogP contribution in [0.3, 0.4) is 0 Å². The van der Waals surface area contributed by atoms with E-state index in [1.807, 2.05) is 50.2 Å². The molecule has 0 radical (unpaired) electrons. The summed E-state index contributed by atoms with van der Waals surface area (Å²) in [6, 6.07) is 17.4. The van der Waals surface area contributed by atoms with E-state index >= 15 is 0 Å². The number of hydrogen-bond acceptors (Lipinski definition) is 2. The number of Topliss-reactive ketones (excluding diaryl/α,β-unsaturated/α-hetero) is 1. The summed E-state index contributed by atoms with van der Waals surface area (Å²) in [5.74, 6) is -0.113. The van der Waals surface area contributed by atoms with Crippen molar-refractivity contribution in [1.82, 2.24) is 0 Å². The van der Waals surface area contributed by atoms with Crippen molar-refractivity contribution >= 4 is 21.7 Å². The molecule has 0 aliphatic heterocycles. The van der Waals surface area contributed by atoms with Crippen molar-refractivity contribution in [3.8, 4) is 0 Å². The minimum Gasteiger partial charge on any atom is -0.469 e. The molecule has 1 unspecified atom stereocenters. The fraction of sp³-hybridized carbons (Fsp3) is 0.227. The molecule has 0 N–H and O–H groups in total. The zero-order chi connectivity index (χ0) is 18.7. The Morgan fingerprint density at radius 2 is 1.85 bits per heavy atom. The van der Waals surface area contributed by atoms with E-state index in [9.17, 15) is 9.18 Å². The topological polar surface area (TPSA) is 30.2 Å². The molecule has 0 aliphatic carbocycles. The summed E-state index contributed by atoms with van der Waals surface area (Å²) in [6.07, 6.45) is 2.07. The fourth-order valence-corrected chi connectivity index (χ4v) is 4.04. The highest BCUT2D eigenvalue weighted by Gasteiger charge is 2.34. The van der Waals surface area contributed by atoms with Crippen molar-refractivity contribution in [2.45, 2.75) is 31.6 Å². The van der Waals surface area contributed by atoms with Gasteiger partial charge in [-0.15, -0.1) is 0 Å². The summed E-state index contributed by atoms with van der Waals surface area (Å²) in [5.41, 5.74) is 1.03. The number of furan rings is 1. The van der Waals surface area contributed by atoms with Crippen molar-refractivity contribution in [2.75, 3.05) is 0 Å². The van der Waals surface area contributed by atoms with Crippen LogP contribution in [0.25, 0.3) is 0 Å². The van der Waals surface area contributed by atoms with Gasteiger partial charge in [-0.05, 0) is 47.7 Å². The molecule has 0 spiro atoms. The Labute approximate surface area is 161 Å². The molecule has 26 heavy (non-hydrogen) atoms. The molecule has 0 fully saturated rings. The van der Waals surface area contributed by atoms with Gasteiger partial charge in [-0.2, -0.15) is 0 Å². The molecular formula is C22H20BrFO2. The van der Waals surface area contributed by atoms with Crippen molar-refractivity contribution < 1.29 is 13.6 Å². The Hall–Kier alpha value is -2.20.